The summed E-state index contributed by atoms with van der Waals surface area (Å²) >= 11 is 0. The van der Waals surface area contributed by atoms with Gasteiger partial charge in [-0.25, -0.2) is 12.8 Å². The fraction of sp³-hybridized carbons (Fsp3) is 0.294. The van der Waals surface area contributed by atoms with E-state index in [4.69, 9.17) is 5.73 Å². The number of aliphatic hydroxyl groups excluding tert-OH is 1. The lowest BCUT2D eigenvalue weighted by Crippen LogP contribution is -2.35. The van der Waals surface area contributed by atoms with E-state index in [0.717, 1.165) is 5.56 Å². The lowest BCUT2D eigenvalue weighted by Gasteiger charge is -2.08. The standard InChI is InChI=1S/C17H18FNO3S/c1-11-2-8-14(9-3-11)23(21,22)16-15(17(16,19)10-20)12-4-6-13(18)7-5-12/h2-9,15-16,20H,10,19H2,1H3/t15-,16+,17+/m0/s1. The number of aryl methyl sites for hydroxylation is 1. The van der Waals surface area contributed by atoms with E-state index < -0.39 is 39.0 Å². The van der Waals surface area contributed by atoms with Crippen LogP contribution in [0.3, 0.4) is 0 Å². The molecule has 122 valence electrons. The molecular weight excluding hydrogens is 317 g/mol. The van der Waals surface area contributed by atoms with Crippen LogP contribution in [-0.2, 0) is 9.84 Å². The van der Waals surface area contributed by atoms with Crippen LogP contribution < -0.4 is 5.73 Å². The highest BCUT2D eigenvalue weighted by molar-refractivity contribution is 7.92. The number of aliphatic hydroxyl groups is 1. The van der Waals surface area contributed by atoms with E-state index in [9.17, 15) is 17.9 Å². The summed E-state index contributed by atoms with van der Waals surface area (Å²) in [6, 6.07) is 12.1. The van der Waals surface area contributed by atoms with E-state index in [1.165, 1.54) is 24.3 Å². The molecule has 0 spiro atoms. The van der Waals surface area contributed by atoms with Gasteiger partial charge in [0.05, 0.1) is 22.3 Å². The monoisotopic (exact) mass is 335 g/mol. The van der Waals surface area contributed by atoms with Crippen LogP contribution in [0, 0.1) is 12.7 Å². The Kier molecular flexibility index (Phi) is 3.78. The van der Waals surface area contributed by atoms with Gasteiger partial charge in [-0.05, 0) is 36.8 Å². The van der Waals surface area contributed by atoms with Crippen molar-refractivity contribution in [1.29, 1.82) is 0 Å². The lowest BCUT2D eigenvalue weighted by atomic mass is 10.1. The highest BCUT2D eigenvalue weighted by Gasteiger charge is 2.69. The number of halogens is 1. The Morgan fingerprint density at radius 3 is 2.22 bits per heavy atom. The van der Waals surface area contributed by atoms with E-state index >= 15 is 0 Å². The van der Waals surface area contributed by atoms with Gasteiger partial charge in [-0.15, -0.1) is 0 Å². The van der Waals surface area contributed by atoms with Gasteiger partial charge >= 0.3 is 0 Å². The van der Waals surface area contributed by atoms with Crippen LogP contribution in [0.4, 0.5) is 4.39 Å². The van der Waals surface area contributed by atoms with Gasteiger partial charge in [0, 0.05) is 5.92 Å². The summed E-state index contributed by atoms with van der Waals surface area (Å²) in [5, 5.41) is 8.69. The van der Waals surface area contributed by atoms with Gasteiger partial charge in [0.15, 0.2) is 9.84 Å². The van der Waals surface area contributed by atoms with Crippen molar-refractivity contribution in [3.63, 3.8) is 0 Å². The molecule has 0 heterocycles. The first-order valence-electron chi connectivity index (χ1n) is 7.26. The summed E-state index contributed by atoms with van der Waals surface area (Å²) in [4.78, 5) is 0.181. The van der Waals surface area contributed by atoms with Crippen LogP contribution in [0.25, 0.3) is 0 Å². The minimum Gasteiger partial charge on any atom is -0.394 e. The molecule has 3 atom stereocenters. The van der Waals surface area contributed by atoms with Gasteiger partial charge in [-0.1, -0.05) is 29.8 Å². The molecule has 0 aromatic heterocycles. The van der Waals surface area contributed by atoms with E-state index in [1.54, 1.807) is 24.3 Å². The van der Waals surface area contributed by atoms with Gasteiger partial charge in [0.1, 0.15) is 5.82 Å². The van der Waals surface area contributed by atoms with Crippen LogP contribution in [0.2, 0.25) is 0 Å². The molecule has 4 nitrogen and oxygen atoms in total. The van der Waals surface area contributed by atoms with Crippen molar-refractivity contribution in [2.75, 3.05) is 6.61 Å². The number of rotatable bonds is 4. The Balaban J connectivity index is 2.01. The average Bonchev–Trinajstić information content (AvgIpc) is 3.16. The van der Waals surface area contributed by atoms with E-state index in [0.29, 0.717) is 5.56 Å². The van der Waals surface area contributed by atoms with Gasteiger partial charge in [0.25, 0.3) is 0 Å². The predicted octanol–water partition coefficient (Wildman–Crippen LogP) is 1.76. The number of hydrogen-bond acceptors (Lipinski definition) is 4. The second kappa shape index (κ2) is 5.40. The predicted molar refractivity (Wildman–Crippen MR) is 85.3 cm³/mol. The first-order chi connectivity index (χ1) is 10.8. The zero-order valence-corrected chi connectivity index (χ0v) is 13.4. The quantitative estimate of drug-likeness (QED) is 0.892. The van der Waals surface area contributed by atoms with Gasteiger partial charge < -0.3 is 10.8 Å². The minimum absolute atomic E-state index is 0.181. The summed E-state index contributed by atoms with van der Waals surface area (Å²) in [7, 11) is -3.69. The highest BCUT2D eigenvalue weighted by Crippen LogP contribution is 2.55. The van der Waals surface area contributed by atoms with Crippen molar-refractivity contribution in [3.05, 3.63) is 65.5 Å². The molecule has 1 aliphatic carbocycles. The topological polar surface area (TPSA) is 80.4 Å². The first kappa shape index (κ1) is 16.1. The normalized spacial score (nSPS) is 27.0. The molecule has 0 saturated heterocycles. The molecular formula is C17H18FNO3S. The number of nitrogens with two attached hydrogens (primary N) is 1. The fourth-order valence-corrected chi connectivity index (χ4v) is 5.41. The van der Waals surface area contributed by atoms with Gasteiger partial charge in [-0.2, -0.15) is 0 Å². The summed E-state index contributed by atoms with van der Waals surface area (Å²) < 4.78 is 38.8. The Morgan fingerprint density at radius 2 is 1.70 bits per heavy atom. The molecule has 23 heavy (non-hydrogen) atoms. The second-order valence-corrected chi connectivity index (χ2v) is 8.15. The Morgan fingerprint density at radius 1 is 1.13 bits per heavy atom. The maximum absolute atomic E-state index is 13.1. The molecule has 0 aliphatic heterocycles. The summed E-state index contributed by atoms with van der Waals surface area (Å²) in [6.45, 7) is 1.42. The van der Waals surface area contributed by atoms with Crippen LogP contribution >= 0.6 is 0 Å². The van der Waals surface area contributed by atoms with Crippen molar-refractivity contribution in [2.24, 2.45) is 5.73 Å². The fourth-order valence-electron chi connectivity index (χ4n) is 3.11. The molecule has 1 fully saturated rings. The van der Waals surface area contributed by atoms with Gasteiger partial charge in [-0.3, -0.25) is 0 Å². The van der Waals surface area contributed by atoms with Crippen LogP contribution in [0.15, 0.2) is 53.4 Å². The van der Waals surface area contributed by atoms with Crippen molar-refractivity contribution in [1.82, 2.24) is 0 Å². The summed E-state index contributed by atoms with van der Waals surface area (Å²) in [5.74, 6) is -0.960. The molecule has 0 unspecified atom stereocenters. The SMILES string of the molecule is Cc1ccc(S(=O)(=O)[C@@H]2[C@H](c3ccc(F)cc3)[C@]2(N)CO)cc1. The molecule has 6 heteroatoms. The van der Waals surface area contributed by atoms with Crippen molar-refractivity contribution < 1.29 is 17.9 Å². The number of sulfone groups is 1. The van der Waals surface area contributed by atoms with E-state index in [2.05, 4.69) is 0 Å². The molecule has 0 amide bonds. The molecule has 1 aliphatic rings. The minimum atomic E-state index is -3.69. The second-order valence-electron chi connectivity index (χ2n) is 6.08. The Labute approximate surface area is 134 Å². The zero-order valence-electron chi connectivity index (χ0n) is 12.6. The lowest BCUT2D eigenvalue weighted by molar-refractivity contribution is 0.253. The average molecular weight is 335 g/mol. The van der Waals surface area contributed by atoms with Crippen LogP contribution in [-0.4, -0.2) is 30.9 Å². The molecule has 0 radical (unpaired) electrons. The molecule has 2 aromatic carbocycles. The van der Waals surface area contributed by atoms with E-state index in [-0.39, 0.29) is 4.90 Å². The first-order valence-corrected chi connectivity index (χ1v) is 8.81. The van der Waals surface area contributed by atoms with E-state index in [1.807, 2.05) is 6.92 Å². The van der Waals surface area contributed by atoms with Crippen LogP contribution in [0.5, 0.6) is 0 Å². The summed E-state index contributed by atoms with van der Waals surface area (Å²) in [5.41, 5.74) is 6.46. The van der Waals surface area contributed by atoms with Crippen molar-refractivity contribution >= 4 is 9.84 Å². The Bertz CT molecular complexity index is 818. The number of benzene rings is 2. The molecule has 0 bridgehead atoms. The van der Waals surface area contributed by atoms with Crippen molar-refractivity contribution in [3.8, 4) is 0 Å². The van der Waals surface area contributed by atoms with Gasteiger partial charge in [0.2, 0.25) is 0 Å². The highest BCUT2D eigenvalue weighted by atomic mass is 32.2. The third-order valence-corrected chi connectivity index (χ3v) is 6.80. The third kappa shape index (κ3) is 2.56. The van der Waals surface area contributed by atoms with Crippen molar-refractivity contribution in [2.45, 2.75) is 28.5 Å². The zero-order chi connectivity index (χ0) is 16.8. The molecule has 3 rings (SSSR count). The molecule has 1 saturated carbocycles. The largest absolute Gasteiger partial charge is 0.394 e. The molecule has 2 aromatic rings. The molecule has 3 N–H and O–H groups in total. The third-order valence-electron chi connectivity index (χ3n) is 4.49. The van der Waals surface area contributed by atoms with Crippen LogP contribution in [0.1, 0.15) is 17.0 Å². The maximum atomic E-state index is 13.1. The number of hydrogen-bond donors (Lipinski definition) is 2. The Hall–Kier alpha value is -1.76. The summed E-state index contributed by atoms with van der Waals surface area (Å²) in [6.07, 6.45) is 0. The maximum Gasteiger partial charge on any atom is 0.183 e. The smallest absolute Gasteiger partial charge is 0.183 e.